The molecule has 0 spiro atoms. The highest BCUT2D eigenvalue weighted by molar-refractivity contribution is 5.93. The van der Waals surface area contributed by atoms with Crippen LogP contribution in [0, 0.1) is 0 Å². The van der Waals surface area contributed by atoms with E-state index in [1.54, 1.807) is 4.90 Å². The number of amides is 1. The lowest BCUT2D eigenvalue weighted by Gasteiger charge is -2.18. The molecule has 1 aromatic heterocycles. The van der Waals surface area contributed by atoms with Gasteiger partial charge >= 0.3 is 6.18 Å². The van der Waals surface area contributed by atoms with E-state index in [-0.39, 0.29) is 23.1 Å². The summed E-state index contributed by atoms with van der Waals surface area (Å²) in [7, 11) is 0. The number of aromatic nitrogens is 2. The molecule has 0 saturated carbocycles. The maximum atomic E-state index is 13.0. The lowest BCUT2D eigenvalue weighted by Crippen LogP contribution is -2.30. The van der Waals surface area contributed by atoms with Gasteiger partial charge < -0.3 is 10.2 Å². The molecule has 2 aromatic rings. The van der Waals surface area contributed by atoms with Crippen LogP contribution in [0.3, 0.4) is 0 Å². The van der Waals surface area contributed by atoms with Crippen LogP contribution in [0.4, 0.5) is 24.8 Å². The van der Waals surface area contributed by atoms with Gasteiger partial charge in [0.1, 0.15) is 0 Å². The molecule has 1 aromatic carbocycles. The maximum Gasteiger partial charge on any atom is 0.418 e. The first-order chi connectivity index (χ1) is 11.4. The molecule has 0 aliphatic rings. The van der Waals surface area contributed by atoms with Gasteiger partial charge in [-0.1, -0.05) is 12.1 Å². The van der Waals surface area contributed by atoms with Crippen LogP contribution < -0.4 is 5.32 Å². The van der Waals surface area contributed by atoms with E-state index in [0.29, 0.717) is 13.1 Å². The molecular weight excluding hydrogens is 321 g/mol. The normalized spacial score (nSPS) is 11.2. The monoisotopic (exact) mass is 338 g/mol. The third-order valence-corrected chi connectivity index (χ3v) is 3.43. The predicted octanol–water partition coefficient (Wildman–Crippen LogP) is 3.72. The highest BCUT2D eigenvalue weighted by Crippen LogP contribution is 2.35. The van der Waals surface area contributed by atoms with E-state index in [9.17, 15) is 18.0 Å². The van der Waals surface area contributed by atoms with Crippen LogP contribution >= 0.6 is 0 Å². The zero-order valence-corrected chi connectivity index (χ0v) is 13.3. The van der Waals surface area contributed by atoms with E-state index in [0.717, 1.165) is 6.07 Å². The first-order valence-corrected chi connectivity index (χ1v) is 7.41. The molecule has 0 radical (unpaired) electrons. The number of halogens is 3. The maximum absolute atomic E-state index is 13.0. The Labute approximate surface area is 137 Å². The molecule has 128 valence electrons. The molecule has 8 heteroatoms. The highest BCUT2D eigenvalue weighted by atomic mass is 19.4. The molecule has 0 aliphatic heterocycles. The third-order valence-electron chi connectivity index (χ3n) is 3.43. The fraction of sp³-hybridized carbons (Fsp3) is 0.312. The standard InChI is InChI=1S/C16H17F3N4O/c1-3-23(4-2)14(24)11-9-20-15(21-10-11)22-13-8-6-5-7-12(13)16(17,18)19/h5-10H,3-4H2,1-2H3,(H,20,21,22). The summed E-state index contributed by atoms with van der Waals surface area (Å²) in [6.45, 7) is 4.81. The predicted molar refractivity (Wildman–Crippen MR) is 84.0 cm³/mol. The zero-order valence-electron chi connectivity index (χ0n) is 13.3. The molecule has 0 aliphatic carbocycles. The van der Waals surface area contributed by atoms with Gasteiger partial charge in [-0.25, -0.2) is 9.97 Å². The Bertz CT molecular complexity index is 697. The van der Waals surface area contributed by atoms with Crippen molar-refractivity contribution in [2.75, 3.05) is 18.4 Å². The Morgan fingerprint density at radius 1 is 1.12 bits per heavy atom. The number of hydrogen-bond donors (Lipinski definition) is 1. The quantitative estimate of drug-likeness (QED) is 0.903. The Morgan fingerprint density at radius 3 is 2.25 bits per heavy atom. The molecule has 0 fully saturated rings. The summed E-state index contributed by atoms with van der Waals surface area (Å²) in [6, 6.07) is 5.05. The van der Waals surface area contributed by atoms with Crippen LogP contribution in [0.2, 0.25) is 0 Å². The van der Waals surface area contributed by atoms with Crippen molar-refractivity contribution in [1.29, 1.82) is 0 Å². The van der Waals surface area contributed by atoms with E-state index in [2.05, 4.69) is 15.3 Å². The van der Waals surface area contributed by atoms with Crippen molar-refractivity contribution in [2.24, 2.45) is 0 Å². The Balaban J connectivity index is 2.20. The molecule has 0 atom stereocenters. The van der Waals surface area contributed by atoms with Gasteiger partial charge in [-0.3, -0.25) is 4.79 Å². The van der Waals surface area contributed by atoms with Gasteiger partial charge in [-0.2, -0.15) is 13.2 Å². The van der Waals surface area contributed by atoms with Crippen molar-refractivity contribution in [3.63, 3.8) is 0 Å². The average molecular weight is 338 g/mol. The number of carbonyl (C=O) groups excluding carboxylic acids is 1. The van der Waals surface area contributed by atoms with Crippen molar-refractivity contribution in [2.45, 2.75) is 20.0 Å². The molecule has 2 rings (SSSR count). The number of hydrogen-bond acceptors (Lipinski definition) is 4. The number of carbonyl (C=O) groups is 1. The summed E-state index contributed by atoms with van der Waals surface area (Å²) in [5.41, 5.74) is -0.668. The van der Waals surface area contributed by atoms with Crippen LogP contribution in [0.5, 0.6) is 0 Å². The number of para-hydroxylation sites is 1. The second-order valence-electron chi connectivity index (χ2n) is 4.94. The van der Waals surface area contributed by atoms with E-state index in [1.807, 2.05) is 13.8 Å². The van der Waals surface area contributed by atoms with E-state index in [1.165, 1.54) is 30.6 Å². The van der Waals surface area contributed by atoms with Gasteiger partial charge in [0, 0.05) is 25.5 Å². The number of rotatable bonds is 5. The van der Waals surface area contributed by atoms with Gasteiger partial charge in [-0.05, 0) is 26.0 Å². The molecule has 1 amide bonds. The van der Waals surface area contributed by atoms with Crippen molar-refractivity contribution >= 4 is 17.5 Å². The third kappa shape index (κ3) is 4.01. The summed E-state index contributed by atoms with van der Waals surface area (Å²) >= 11 is 0. The average Bonchev–Trinajstić information content (AvgIpc) is 2.56. The van der Waals surface area contributed by atoms with Gasteiger partial charge in [0.25, 0.3) is 5.91 Å². The van der Waals surface area contributed by atoms with Gasteiger partial charge in [-0.15, -0.1) is 0 Å². The van der Waals surface area contributed by atoms with Gasteiger partial charge in [0.15, 0.2) is 0 Å². The largest absolute Gasteiger partial charge is 0.418 e. The zero-order chi connectivity index (χ0) is 17.7. The number of nitrogens with one attached hydrogen (secondary N) is 1. The van der Waals surface area contributed by atoms with Crippen LogP contribution in [0.15, 0.2) is 36.7 Å². The molecule has 1 N–H and O–H groups in total. The van der Waals surface area contributed by atoms with E-state index < -0.39 is 11.7 Å². The van der Waals surface area contributed by atoms with Crippen LogP contribution in [0.1, 0.15) is 29.8 Å². The molecule has 24 heavy (non-hydrogen) atoms. The van der Waals surface area contributed by atoms with Gasteiger partial charge in [0.2, 0.25) is 5.95 Å². The second-order valence-corrected chi connectivity index (χ2v) is 4.94. The molecule has 0 bridgehead atoms. The Hall–Kier alpha value is -2.64. The minimum Gasteiger partial charge on any atom is -0.339 e. The summed E-state index contributed by atoms with van der Waals surface area (Å²) in [5, 5.41) is 2.54. The van der Waals surface area contributed by atoms with Crippen LogP contribution in [0.25, 0.3) is 0 Å². The van der Waals surface area contributed by atoms with Crippen LogP contribution in [-0.4, -0.2) is 33.9 Å². The Morgan fingerprint density at radius 2 is 1.71 bits per heavy atom. The molecule has 5 nitrogen and oxygen atoms in total. The molecule has 0 unspecified atom stereocenters. The van der Waals surface area contributed by atoms with E-state index in [4.69, 9.17) is 0 Å². The summed E-state index contributed by atoms with van der Waals surface area (Å²) < 4.78 is 38.9. The smallest absolute Gasteiger partial charge is 0.339 e. The second kappa shape index (κ2) is 7.29. The van der Waals surface area contributed by atoms with Crippen LogP contribution in [-0.2, 0) is 6.18 Å². The summed E-state index contributed by atoms with van der Waals surface area (Å²) in [5.74, 6) is -0.231. The Kier molecular flexibility index (Phi) is 5.38. The summed E-state index contributed by atoms with van der Waals surface area (Å²) in [4.78, 5) is 21.6. The SMILES string of the molecule is CCN(CC)C(=O)c1cnc(Nc2ccccc2C(F)(F)F)nc1. The number of alkyl halides is 3. The number of nitrogens with zero attached hydrogens (tertiary/aromatic N) is 3. The topological polar surface area (TPSA) is 58.1 Å². The molecule has 0 saturated heterocycles. The van der Waals surface area contributed by atoms with Crippen molar-refractivity contribution in [3.8, 4) is 0 Å². The fourth-order valence-corrected chi connectivity index (χ4v) is 2.16. The van der Waals surface area contributed by atoms with Crippen molar-refractivity contribution in [3.05, 3.63) is 47.8 Å². The molecule has 1 heterocycles. The lowest BCUT2D eigenvalue weighted by atomic mass is 10.1. The van der Waals surface area contributed by atoms with Crippen molar-refractivity contribution < 1.29 is 18.0 Å². The summed E-state index contributed by atoms with van der Waals surface area (Å²) in [6.07, 6.45) is -1.89. The minimum absolute atomic E-state index is 0.0113. The number of benzene rings is 1. The van der Waals surface area contributed by atoms with Crippen molar-refractivity contribution in [1.82, 2.24) is 14.9 Å². The number of anilines is 2. The van der Waals surface area contributed by atoms with Gasteiger partial charge in [0.05, 0.1) is 16.8 Å². The highest BCUT2D eigenvalue weighted by Gasteiger charge is 2.33. The first-order valence-electron chi connectivity index (χ1n) is 7.41. The first kappa shape index (κ1) is 17.7. The van der Waals surface area contributed by atoms with E-state index >= 15 is 0 Å². The molecular formula is C16H17F3N4O. The minimum atomic E-state index is -4.48. The fourth-order valence-electron chi connectivity index (χ4n) is 2.16. The lowest BCUT2D eigenvalue weighted by molar-refractivity contribution is -0.136.